The van der Waals surface area contributed by atoms with E-state index in [9.17, 15) is 0 Å². The molecule has 1 saturated heterocycles. The van der Waals surface area contributed by atoms with E-state index in [1.807, 2.05) is 24.0 Å². The number of aliphatic imine (C=N–C) groups is 1. The molecule has 5 rings (SSSR count). The fourth-order valence-corrected chi connectivity index (χ4v) is 5.54. The number of fused-ring (bicyclic) bond motifs is 1. The molecule has 0 bridgehead atoms. The second kappa shape index (κ2) is 5.63. The van der Waals surface area contributed by atoms with E-state index < -0.39 is 0 Å². The van der Waals surface area contributed by atoms with Crippen LogP contribution in [0.3, 0.4) is 0 Å². The summed E-state index contributed by atoms with van der Waals surface area (Å²) in [4.78, 5) is 12.3. The molecule has 0 aromatic carbocycles. The summed E-state index contributed by atoms with van der Waals surface area (Å²) in [6.07, 6.45) is 4.53. The maximum absolute atomic E-state index is 5.10. The average Bonchev–Trinajstić information content (AvgIpc) is 3.19. The van der Waals surface area contributed by atoms with Crippen LogP contribution in [-0.2, 0) is 0 Å². The Labute approximate surface area is 153 Å². The van der Waals surface area contributed by atoms with E-state index in [1.165, 1.54) is 35.0 Å². The van der Waals surface area contributed by atoms with Crippen molar-refractivity contribution < 1.29 is 0 Å². The van der Waals surface area contributed by atoms with Crippen LogP contribution in [0.25, 0.3) is 0 Å². The van der Waals surface area contributed by atoms with Crippen molar-refractivity contribution in [3.63, 3.8) is 0 Å². The van der Waals surface area contributed by atoms with Crippen LogP contribution in [0.5, 0.6) is 0 Å². The molecule has 0 N–H and O–H groups in total. The van der Waals surface area contributed by atoms with Gasteiger partial charge in [0.15, 0.2) is 5.17 Å². The van der Waals surface area contributed by atoms with Crippen molar-refractivity contribution >= 4 is 16.9 Å². The van der Waals surface area contributed by atoms with Crippen molar-refractivity contribution in [3.05, 3.63) is 53.1 Å². The van der Waals surface area contributed by atoms with Crippen LogP contribution in [0, 0.1) is 13.8 Å². The first kappa shape index (κ1) is 15.5. The molecule has 0 unspecified atom stereocenters. The summed E-state index contributed by atoms with van der Waals surface area (Å²) < 4.78 is 2.55. The highest BCUT2D eigenvalue weighted by molar-refractivity contribution is 8.14. The van der Waals surface area contributed by atoms with Gasteiger partial charge in [-0.2, -0.15) is 0 Å². The Bertz CT molecular complexity index is 837. The zero-order valence-corrected chi connectivity index (χ0v) is 15.8. The molecule has 4 nitrogen and oxygen atoms in total. The highest BCUT2D eigenvalue weighted by Gasteiger charge is 2.45. The third-order valence-electron chi connectivity index (χ3n) is 5.64. The molecule has 2 aliphatic heterocycles. The normalized spacial score (nSPS) is 28.4. The topological polar surface area (TPSA) is 33.4 Å². The molecule has 2 aromatic heterocycles. The Balaban J connectivity index is 1.61. The van der Waals surface area contributed by atoms with E-state index in [2.05, 4.69) is 53.4 Å². The maximum Gasteiger partial charge on any atom is 0.160 e. The smallest absolute Gasteiger partial charge is 0.160 e. The van der Waals surface area contributed by atoms with Gasteiger partial charge in [-0.05, 0) is 50.5 Å². The van der Waals surface area contributed by atoms with Crippen LogP contribution < -0.4 is 0 Å². The summed E-state index contributed by atoms with van der Waals surface area (Å²) in [6.45, 7) is 7.92. The Morgan fingerprint density at radius 1 is 1.20 bits per heavy atom. The first-order valence-corrected chi connectivity index (χ1v) is 10.1. The molecule has 4 heterocycles. The van der Waals surface area contributed by atoms with Gasteiger partial charge in [0.05, 0.1) is 11.7 Å². The zero-order valence-electron chi connectivity index (χ0n) is 15.0. The van der Waals surface area contributed by atoms with Crippen molar-refractivity contribution in [2.45, 2.75) is 57.0 Å². The summed E-state index contributed by atoms with van der Waals surface area (Å²) >= 11 is 1.91. The highest BCUT2D eigenvalue weighted by Crippen LogP contribution is 2.49. The van der Waals surface area contributed by atoms with Gasteiger partial charge in [0.2, 0.25) is 0 Å². The molecule has 25 heavy (non-hydrogen) atoms. The number of aromatic nitrogens is 2. The van der Waals surface area contributed by atoms with Crippen molar-refractivity contribution in [2.75, 3.05) is 6.54 Å². The molecule has 1 aliphatic carbocycles. The molecular weight excluding hydrogens is 328 g/mol. The first-order chi connectivity index (χ1) is 12.1. The summed E-state index contributed by atoms with van der Waals surface area (Å²) in [7, 11) is 0. The predicted octanol–water partition coefficient (Wildman–Crippen LogP) is 4.42. The van der Waals surface area contributed by atoms with Gasteiger partial charge >= 0.3 is 0 Å². The van der Waals surface area contributed by atoms with E-state index in [1.54, 1.807) is 0 Å². The Morgan fingerprint density at radius 3 is 2.76 bits per heavy atom. The van der Waals surface area contributed by atoms with Crippen LogP contribution in [0.4, 0.5) is 0 Å². The SMILES string of the molecule is Cc1cc([C@H]2[C@@H](c3ccccn3)N=C3S[C@@H](C)CN32)c(C)n1C1CC1. The fourth-order valence-electron chi connectivity index (χ4n) is 4.45. The van der Waals surface area contributed by atoms with Gasteiger partial charge in [-0.15, -0.1) is 0 Å². The number of aryl methyl sites for hydroxylation is 1. The summed E-state index contributed by atoms with van der Waals surface area (Å²) in [5.41, 5.74) is 5.34. The third-order valence-corrected chi connectivity index (χ3v) is 6.74. The van der Waals surface area contributed by atoms with Crippen LogP contribution in [0.1, 0.15) is 60.5 Å². The number of hydrogen-bond acceptors (Lipinski definition) is 4. The van der Waals surface area contributed by atoms with Crippen molar-refractivity contribution in [3.8, 4) is 0 Å². The van der Waals surface area contributed by atoms with Crippen molar-refractivity contribution in [1.29, 1.82) is 0 Å². The van der Waals surface area contributed by atoms with Crippen LogP contribution >= 0.6 is 11.8 Å². The molecule has 1 saturated carbocycles. The molecule has 130 valence electrons. The van der Waals surface area contributed by atoms with E-state index in [4.69, 9.17) is 4.99 Å². The zero-order chi connectivity index (χ0) is 17.1. The molecule has 3 atom stereocenters. The van der Waals surface area contributed by atoms with E-state index in [0.29, 0.717) is 5.25 Å². The quantitative estimate of drug-likeness (QED) is 0.820. The van der Waals surface area contributed by atoms with Gasteiger partial charge < -0.3 is 9.47 Å². The second-order valence-corrected chi connectivity index (χ2v) is 8.97. The molecule has 2 aromatic rings. The van der Waals surface area contributed by atoms with Gasteiger partial charge in [-0.3, -0.25) is 9.98 Å². The average molecular weight is 353 g/mol. The molecule has 0 radical (unpaired) electrons. The standard InChI is InChI=1S/C20H24N4S/c1-12-10-16(14(3)24(12)15-7-8-15)19-18(17-6-4-5-9-21-17)22-20-23(19)11-13(2)25-20/h4-6,9-10,13,15,18-19H,7-8,11H2,1-3H3/t13-,18+,19-/m0/s1. The number of nitrogens with zero attached hydrogens (tertiary/aromatic N) is 4. The van der Waals surface area contributed by atoms with E-state index in [0.717, 1.165) is 18.3 Å². The number of hydrogen-bond donors (Lipinski definition) is 0. The van der Waals surface area contributed by atoms with Crippen LogP contribution in [0.2, 0.25) is 0 Å². The lowest BCUT2D eigenvalue weighted by molar-refractivity contribution is 0.320. The van der Waals surface area contributed by atoms with Gasteiger partial charge in [-0.1, -0.05) is 24.8 Å². The van der Waals surface area contributed by atoms with Gasteiger partial charge in [-0.25, -0.2) is 0 Å². The summed E-state index contributed by atoms with van der Waals surface area (Å²) in [5, 5.41) is 1.81. The third kappa shape index (κ3) is 2.43. The minimum atomic E-state index is 0.101. The number of rotatable bonds is 3. The van der Waals surface area contributed by atoms with Crippen molar-refractivity contribution in [2.24, 2.45) is 4.99 Å². The molecule has 3 aliphatic rings. The van der Waals surface area contributed by atoms with Gasteiger partial charge in [0.1, 0.15) is 6.04 Å². The molecule has 0 amide bonds. The lowest BCUT2D eigenvalue weighted by atomic mass is 9.96. The minimum absolute atomic E-state index is 0.101. The second-order valence-electron chi connectivity index (χ2n) is 7.56. The van der Waals surface area contributed by atoms with Gasteiger partial charge in [0, 0.05) is 35.4 Å². The maximum atomic E-state index is 5.10. The molecule has 2 fully saturated rings. The molecule has 5 heteroatoms. The highest BCUT2D eigenvalue weighted by atomic mass is 32.2. The molecular formula is C20H24N4S. The number of thioether (sulfide) groups is 1. The van der Waals surface area contributed by atoms with E-state index in [-0.39, 0.29) is 12.1 Å². The Hall–Kier alpha value is -1.75. The number of amidine groups is 1. The summed E-state index contributed by atoms with van der Waals surface area (Å²) in [6, 6.07) is 9.68. The predicted molar refractivity (Wildman–Crippen MR) is 103 cm³/mol. The summed E-state index contributed by atoms with van der Waals surface area (Å²) in [5.74, 6) is 0. The van der Waals surface area contributed by atoms with Crippen molar-refractivity contribution in [1.82, 2.24) is 14.5 Å². The molecule has 0 spiro atoms. The van der Waals surface area contributed by atoms with Gasteiger partial charge in [0.25, 0.3) is 0 Å². The monoisotopic (exact) mass is 352 g/mol. The Kier molecular flexibility index (Phi) is 3.49. The lowest BCUT2D eigenvalue weighted by Crippen LogP contribution is -2.28. The number of pyridine rings is 1. The van der Waals surface area contributed by atoms with Crippen LogP contribution in [0.15, 0.2) is 35.5 Å². The fraction of sp³-hybridized carbons (Fsp3) is 0.500. The lowest BCUT2D eigenvalue weighted by Gasteiger charge is -2.27. The van der Waals surface area contributed by atoms with Crippen LogP contribution in [-0.4, -0.2) is 31.4 Å². The minimum Gasteiger partial charge on any atom is -0.346 e. The first-order valence-electron chi connectivity index (χ1n) is 9.24. The Morgan fingerprint density at radius 2 is 2.04 bits per heavy atom. The van der Waals surface area contributed by atoms with E-state index >= 15 is 0 Å². The largest absolute Gasteiger partial charge is 0.346 e.